The zero-order chi connectivity index (χ0) is 21.7. The van der Waals surface area contributed by atoms with Crippen LogP contribution < -0.4 is 0 Å². The summed E-state index contributed by atoms with van der Waals surface area (Å²) in [6.07, 6.45) is 27.9. The summed E-state index contributed by atoms with van der Waals surface area (Å²) in [7, 11) is 0. The minimum absolute atomic E-state index is 0.0454. The molecule has 1 fully saturated rings. The fourth-order valence-electron chi connectivity index (χ4n) is 4.19. The van der Waals surface area contributed by atoms with Crippen LogP contribution in [0, 0.1) is 0 Å². The quantitative estimate of drug-likeness (QED) is 0.158. The molecule has 0 radical (unpaired) electrons. The monoisotopic (exact) mass is 424 g/mol. The van der Waals surface area contributed by atoms with Crippen molar-refractivity contribution in [1.29, 1.82) is 0 Å². The van der Waals surface area contributed by atoms with E-state index in [9.17, 15) is 5.11 Å². The summed E-state index contributed by atoms with van der Waals surface area (Å²) in [5, 5.41) is 10.1. The van der Waals surface area contributed by atoms with Crippen LogP contribution >= 0.6 is 0 Å². The maximum absolute atomic E-state index is 10.1. The van der Waals surface area contributed by atoms with E-state index in [4.69, 9.17) is 9.47 Å². The lowest BCUT2D eigenvalue weighted by Crippen LogP contribution is -2.30. The van der Waals surface area contributed by atoms with E-state index < -0.39 is 0 Å². The Morgan fingerprint density at radius 2 is 1.50 bits per heavy atom. The largest absolute Gasteiger partial charge is 0.393 e. The number of ether oxygens (including phenoxy) is 2. The van der Waals surface area contributed by atoms with Crippen LogP contribution in [0.25, 0.3) is 0 Å². The number of aliphatic hydroxyl groups excluding tert-OH is 1. The molecule has 3 nitrogen and oxygen atoms in total. The van der Waals surface area contributed by atoms with Crippen molar-refractivity contribution >= 4 is 0 Å². The van der Waals surface area contributed by atoms with Crippen molar-refractivity contribution in [3.63, 3.8) is 0 Å². The predicted octanol–water partition coefficient (Wildman–Crippen LogP) is 8.10. The molecule has 0 aromatic carbocycles. The molecule has 30 heavy (non-hydrogen) atoms. The lowest BCUT2D eigenvalue weighted by molar-refractivity contribution is -0.194. The van der Waals surface area contributed by atoms with Crippen LogP contribution in [0.4, 0.5) is 0 Å². The van der Waals surface area contributed by atoms with E-state index in [1.165, 1.54) is 89.9 Å². The zero-order valence-electron chi connectivity index (χ0n) is 20.3. The average molecular weight is 425 g/mol. The molecule has 0 amide bonds. The summed E-state index contributed by atoms with van der Waals surface area (Å²) in [6, 6.07) is 0. The summed E-state index contributed by atoms with van der Waals surface area (Å²) >= 11 is 0. The Hall–Kier alpha value is -0.380. The fourth-order valence-corrected chi connectivity index (χ4v) is 4.19. The molecule has 1 aliphatic rings. The predicted molar refractivity (Wildman–Crippen MR) is 129 cm³/mol. The van der Waals surface area contributed by atoms with Crippen LogP contribution in [0.15, 0.2) is 12.2 Å². The van der Waals surface area contributed by atoms with Crippen LogP contribution in [0.1, 0.15) is 136 Å². The van der Waals surface area contributed by atoms with Gasteiger partial charge in [-0.15, -0.1) is 0 Å². The van der Waals surface area contributed by atoms with E-state index in [1.54, 1.807) is 0 Å². The highest BCUT2D eigenvalue weighted by Crippen LogP contribution is 2.21. The Kier molecular flexibility index (Phi) is 18.9. The van der Waals surface area contributed by atoms with Gasteiger partial charge in [0.05, 0.1) is 12.2 Å². The van der Waals surface area contributed by atoms with Crippen LogP contribution in [0.2, 0.25) is 0 Å². The normalized spacial score (nSPS) is 19.4. The number of aliphatic hydroxyl groups is 1. The molecular weight excluding hydrogens is 372 g/mol. The van der Waals surface area contributed by atoms with Gasteiger partial charge in [-0.3, -0.25) is 0 Å². The Labute approximate surface area is 188 Å². The van der Waals surface area contributed by atoms with E-state index >= 15 is 0 Å². The van der Waals surface area contributed by atoms with Gasteiger partial charge in [0, 0.05) is 6.61 Å². The summed E-state index contributed by atoms with van der Waals surface area (Å²) in [5.41, 5.74) is 0. The summed E-state index contributed by atoms with van der Waals surface area (Å²) < 4.78 is 11.9. The third-order valence-electron chi connectivity index (χ3n) is 6.28. The first-order valence-electron chi connectivity index (χ1n) is 13.4. The van der Waals surface area contributed by atoms with Crippen molar-refractivity contribution in [2.75, 3.05) is 6.61 Å². The number of hydrogen-bond acceptors (Lipinski definition) is 3. The minimum Gasteiger partial charge on any atom is -0.393 e. The molecule has 0 aromatic heterocycles. The van der Waals surface area contributed by atoms with Crippen molar-refractivity contribution in [1.82, 2.24) is 0 Å². The molecule has 1 saturated heterocycles. The highest BCUT2D eigenvalue weighted by Gasteiger charge is 2.21. The number of hydrogen-bond donors (Lipinski definition) is 1. The maximum atomic E-state index is 10.1. The molecule has 178 valence electrons. The van der Waals surface area contributed by atoms with Crippen molar-refractivity contribution in [2.45, 2.75) is 154 Å². The number of allylic oxidation sites excluding steroid dienone is 2. The number of unbranched alkanes of at least 4 members (excludes halogenated alkanes) is 11. The van der Waals surface area contributed by atoms with E-state index in [2.05, 4.69) is 19.1 Å². The van der Waals surface area contributed by atoms with Crippen LogP contribution in [0.3, 0.4) is 0 Å². The second-order valence-corrected chi connectivity index (χ2v) is 9.22. The van der Waals surface area contributed by atoms with Crippen molar-refractivity contribution in [3.05, 3.63) is 12.2 Å². The number of rotatable bonds is 20. The van der Waals surface area contributed by atoms with Gasteiger partial charge in [-0.2, -0.15) is 0 Å². The van der Waals surface area contributed by atoms with Crippen LogP contribution in [-0.4, -0.2) is 30.2 Å². The van der Waals surface area contributed by atoms with E-state index in [-0.39, 0.29) is 18.5 Å². The molecule has 3 atom stereocenters. The molecule has 1 unspecified atom stereocenters. The first-order valence-corrected chi connectivity index (χ1v) is 13.4. The standard InChI is InChI=1S/C27H52O3/c1-3-5-6-7-8-9-10-11-12-13-14-15-16-17-18-21-26(24-25(28)4-2)30-27-22-19-20-23-29-27/h11-12,25-28H,3-10,13-24H2,1-2H3/b12-11-/t25-,26-,27?/m0/s1. The summed E-state index contributed by atoms with van der Waals surface area (Å²) in [5.74, 6) is 0. The Balaban J connectivity index is 1.99. The van der Waals surface area contributed by atoms with E-state index in [0.29, 0.717) is 0 Å². The Morgan fingerprint density at radius 1 is 0.867 bits per heavy atom. The second kappa shape index (κ2) is 20.5. The summed E-state index contributed by atoms with van der Waals surface area (Å²) in [4.78, 5) is 0. The third kappa shape index (κ3) is 16.3. The van der Waals surface area contributed by atoms with Gasteiger partial charge in [0.1, 0.15) is 0 Å². The lowest BCUT2D eigenvalue weighted by atomic mass is 10.0. The third-order valence-corrected chi connectivity index (χ3v) is 6.28. The van der Waals surface area contributed by atoms with Crippen molar-refractivity contribution < 1.29 is 14.6 Å². The molecule has 1 heterocycles. The molecule has 0 spiro atoms. The first-order chi connectivity index (χ1) is 14.8. The minimum atomic E-state index is -0.248. The lowest BCUT2D eigenvalue weighted by Gasteiger charge is -2.29. The summed E-state index contributed by atoms with van der Waals surface area (Å²) in [6.45, 7) is 5.14. The van der Waals surface area contributed by atoms with Gasteiger partial charge < -0.3 is 14.6 Å². The van der Waals surface area contributed by atoms with E-state index in [0.717, 1.165) is 38.7 Å². The molecule has 0 aromatic rings. The molecule has 1 aliphatic heterocycles. The molecule has 0 aliphatic carbocycles. The molecule has 1 N–H and O–H groups in total. The molecule has 3 heteroatoms. The smallest absolute Gasteiger partial charge is 0.157 e. The SMILES string of the molecule is CCCCCCCC/C=C\CCCCCCC[C@@H](C[C@@H](O)CC)OC1CCCCO1. The second-order valence-electron chi connectivity index (χ2n) is 9.22. The molecule has 0 bridgehead atoms. The Bertz CT molecular complexity index is 376. The van der Waals surface area contributed by atoms with Gasteiger partial charge in [-0.25, -0.2) is 0 Å². The molecule has 1 rings (SSSR count). The van der Waals surface area contributed by atoms with Gasteiger partial charge in [0.25, 0.3) is 0 Å². The van der Waals surface area contributed by atoms with Crippen LogP contribution in [0.5, 0.6) is 0 Å². The zero-order valence-corrected chi connectivity index (χ0v) is 20.3. The van der Waals surface area contributed by atoms with Gasteiger partial charge >= 0.3 is 0 Å². The first kappa shape index (κ1) is 27.7. The van der Waals surface area contributed by atoms with Gasteiger partial charge in [0.15, 0.2) is 6.29 Å². The Morgan fingerprint density at radius 3 is 2.10 bits per heavy atom. The maximum Gasteiger partial charge on any atom is 0.157 e. The molecular formula is C27H52O3. The average Bonchev–Trinajstić information content (AvgIpc) is 2.77. The fraction of sp³-hybridized carbons (Fsp3) is 0.926. The highest BCUT2D eigenvalue weighted by molar-refractivity contribution is 4.81. The topological polar surface area (TPSA) is 38.7 Å². The van der Waals surface area contributed by atoms with E-state index in [1.807, 2.05) is 6.92 Å². The van der Waals surface area contributed by atoms with Crippen molar-refractivity contribution in [2.24, 2.45) is 0 Å². The molecule has 0 saturated carbocycles. The van der Waals surface area contributed by atoms with Gasteiger partial charge in [-0.05, 0) is 64.2 Å². The van der Waals surface area contributed by atoms with Gasteiger partial charge in [0.2, 0.25) is 0 Å². The highest BCUT2D eigenvalue weighted by atomic mass is 16.7. The van der Waals surface area contributed by atoms with Crippen molar-refractivity contribution in [3.8, 4) is 0 Å². The van der Waals surface area contributed by atoms with Gasteiger partial charge in [-0.1, -0.05) is 83.8 Å². The van der Waals surface area contributed by atoms with Crippen LogP contribution in [-0.2, 0) is 9.47 Å².